The van der Waals surface area contributed by atoms with E-state index in [1.807, 2.05) is 0 Å². The monoisotopic (exact) mass is 274 g/mol. The third kappa shape index (κ3) is 5.76. The lowest BCUT2D eigenvalue weighted by molar-refractivity contribution is -0.144. The summed E-state index contributed by atoms with van der Waals surface area (Å²) in [7, 11) is -1.06. The first-order valence-corrected chi connectivity index (χ1v) is 8.06. The Morgan fingerprint density at radius 2 is 1.83 bits per heavy atom. The maximum Gasteiger partial charge on any atom is 0.306 e. The largest absolute Gasteiger partial charge is 0.466 e. The Balaban J connectivity index is 2.22. The summed E-state index contributed by atoms with van der Waals surface area (Å²) in [5.74, 6) is -0.342. The zero-order valence-electron chi connectivity index (χ0n) is 11.0. The number of ether oxygens (including phenoxy) is 1. The first kappa shape index (κ1) is 15.3. The summed E-state index contributed by atoms with van der Waals surface area (Å²) in [5.41, 5.74) is 0. The van der Waals surface area contributed by atoms with Crippen LogP contribution in [0.2, 0.25) is 0 Å². The van der Waals surface area contributed by atoms with Gasteiger partial charge in [0.2, 0.25) is 0 Å². The van der Waals surface area contributed by atoms with Crippen molar-refractivity contribution in [3.05, 3.63) is 0 Å². The van der Waals surface area contributed by atoms with E-state index < -0.39 is 10.8 Å². The zero-order chi connectivity index (χ0) is 13.4. The second kappa shape index (κ2) is 8.40. The minimum Gasteiger partial charge on any atom is -0.466 e. The van der Waals surface area contributed by atoms with Crippen LogP contribution in [0.3, 0.4) is 0 Å². The number of hydrogen-bond acceptors (Lipinski definition) is 4. The minimum atomic E-state index is -1.06. The highest BCUT2D eigenvalue weighted by atomic mass is 32.2. The highest BCUT2D eigenvalue weighted by Crippen LogP contribution is 2.22. The van der Waals surface area contributed by atoms with Gasteiger partial charge in [0.15, 0.2) is 0 Å². The molecule has 5 heteroatoms. The fourth-order valence-electron chi connectivity index (χ4n) is 2.15. The lowest BCUT2D eigenvalue weighted by atomic mass is 10.0. The van der Waals surface area contributed by atoms with E-state index in [2.05, 4.69) is 0 Å². The smallest absolute Gasteiger partial charge is 0.306 e. The molecule has 0 heterocycles. The SMILES string of the molecule is CCOC(=O)CCC(=O)CS(=O)C1CCCCC1. The van der Waals surface area contributed by atoms with Crippen LogP contribution in [0, 0.1) is 0 Å². The molecule has 1 aliphatic rings. The summed E-state index contributed by atoms with van der Waals surface area (Å²) in [6.45, 7) is 2.07. The number of carbonyl (C=O) groups is 2. The van der Waals surface area contributed by atoms with E-state index in [1.165, 1.54) is 6.42 Å². The maximum atomic E-state index is 12.0. The molecule has 0 bridgehead atoms. The summed E-state index contributed by atoms with van der Waals surface area (Å²) in [6, 6.07) is 0. The molecule has 0 aromatic heterocycles. The normalized spacial score (nSPS) is 18.3. The van der Waals surface area contributed by atoms with Crippen LogP contribution in [0.15, 0.2) is 0 Å². The second-order valence-corrected chi connectivity index (χ2v) is 6.35. The van der Waals surface area contributed by atoms with E-state index in [0.717, 1.165) is 25.7 Å². The number of ketones is 1. The molecule has 0 radical (unpaired) electrons. The van der Waals surface area contributed by atoms with Crippen LogP contribution in [0.25, 0.3) is 0 Å². The molecule has 0 aliphatic heterocycles. The Labute approximate surface area is 111 Å². The number of hydrogen-bond donors (Lipinski definition) is 0. The molecule has 1 aliphatic carbocycles. The Morgan fingerprint density at radius 3 is 2.44 bits per heavy atom. The van der Waals surface area contributed by atoms with Crippen molar-refractivity contribution < 1.29 is 18.5 Å². The molecule has 0 aromatic carbocycles. The number of Topliss-reactive ketones (excluding diaryl/α,β-unsaturated/α-hetero) is 1. The lowest BCUT2D eigenvalue weighted by Gasteiger charge is -2.20. The average molecular weight is 274 g/mol. The van der Waals surface area contributed by atoms with Crippen molar-refractivity contribution in [1.82, 2.24) is 0 Å². The molecular formula is C13H22O4S. The summed E-state index contributed by atoms with van der Waals surface area (Å²) in [4.78, 5) is 22.7. The highest BCUT2D eigenvalue weighted by Gasteiger charge is 2.21. The van der Waals surface area contributed by atoms with E-state index in [9.17, 15) is 13.8 Å². The lowest BCUT2D eigenvalue weighted by Crippen LogP contribution is -2.24. The molecule has 0 aromatic rings. The number of rotatable bonds is 7. The predicted octanol–water partition coefficient (Wildman–Crippen LogP) is 1.98. The van der Waals surface area contributed by atoms with Gasteiger partial charge in [0.25, 0.3) is 0 Å². The van der Waals surface area contributed by atoms with Crippen molar-refractivity contribution in [1.29, 1.82) is 0 Å². The van der Waals surface area contributed by atoms with Gasteiger partial charge in [-0.3, -0.25) is 13.8 Å². The van der Waals surface area contributed by atoms with E-state index in [4.69, 9.17) is 4.74 Å². The maximum absolute atomic E-state index is 12.0. The predicted molar refractivity (Wildman–Crippen MR) is 70.8 cm³/mol. The molecule has 0 spiro atoms. The van der Waals surface area contributed by atoms with Gasteiger partial charge in [0.05, 0.1) is 18.8 Å². The summed E-state index contributed by atoms with van der Waals surface area (Å²) in [5, 5.41) is 0.185. The van der Waals surface area contributed by atoms with Crippen LogP contribution in [0.5, 0.6) is 0 Å². The summed E-state index contributed by atoms with van der Waals surface area (Å²) < 4.78 is 16.7. The molecule has 18 heavy (non-hydrogen) atoms. The van der Waals surface area contributed by atoms with Gasteiger partial charge in [0.1, 0.15) is 5.78 Å². The molecule has 104 valence electrons. The number of carbonyl (C=O) groups excluding carboxylic acids is 2. The Bertz CT molecular complexity index is 308. The third-order valence-electron chi connectivity index (χ3n) is 3.14. The molecule has 1 atom stereocenters. The second-order valence-electron chi connectivity index (χ2n) is 4.63. The van der Waals surface area contributed by atoms with Crippen LogP contribution in [-0.2, 0) is 25.1 Å². The standard InChI is InChI=1S/C13H22O4S/c1-2-17-13(15)9-8-11(14)10-18(16)12-6-4-3-5-7-12/h12H,2-10H2,1H3. The Morgan fingerprint density at radius 1 is 1.17 bits per heavy atom. The van der Waals surface area contributed by atoms with Gasteiger partial charge in [-0.1, -0.05) is 19.3 Å². The molecule has 0 N–H and O–H groups in total. The Kier molecular flexibility index (Phi) is 7.16. The minimum absolute atomic E-state index is 0.0908. The number of esters is 1. The van der Waals surface area contributed by atoms with Gasteiger partial charge in [-0.2, -0.15) is 0 Å². The van der Waals surface area contributed by atoms with E-state index in [1.54, 1.807) is 6.92 Å². The molecule has 0 amide bonds. The first-order chi connectivity index (χ1) is 8.63. The van der Waals surface area contributed by atoms with Crippen molar-refractivity contribution in [3.63, 3.8) is 0 Å². The fourth-order valence-corrected chi connectivity index (χ4v) is 3.71. The van der Waals surface area contributed by atoms with Crippen molar-refractivity contribution in [2.24, 2.45) is 0 Å². The van der Waals surface area contributed by atoms with Crippen LogP contribution < -0.4 is 0 Å². The molecule has 1 rings (SSSR count). The van der Waals surface area contributed by atoms with Crippen molar-refractivity contribution >= 4 is 22.6 Å². The molecule has 1 fully saturated rings. The topological polar surface area (TPSA) is 60.4 Å². The van der Waals surface area contributed by atoms with Crippen molar-refractivity contribution in [3.8, 4) is 0 Å². The van der Waals surface area contributed by atoms with Gasteiger partial charge in [-0.15, -0.1) is 0 Å². The van der Waals surface area contributed by atoms with Crippen LogP contribution in [0.1, 0.15) is 51.9 Å². The molecule has 1 unspecified atom stereocenters. The summed E-state index contributed by atoms with van der Waals surface area (Å²) >= 11 is 0. The summed E-state index contributed by atoms with van der Waals surface area (Å²) in [6.07, 6.45) is 5.65. The zero-order valence-corrected chi connectivity index (χ0v) is 11.8. The van der Waals surface area contributed by atoms with E-state index >= 15 is 0 Å². The quantitative estimate of drug-likeness (QED) is 0.666. The average Bonchev–Trinajstić information content (AvgIpc) is 2.38. The highest BCUT2D eigenvalue weighted by molar-refractivity contribution is 7.86. The Hall–Kier alpha value is -0.710. The molecular weight excluding hydrogens is 252 g/mol. The first-order valence-electron chi connectivity index (χ1n) is 6.68. The van der Waals surface area contributed by atoms with Crippen LogP contribution in [0.4, 0.5) is 0 Å². The third-order valence-corrected chi connectivity index (χ3v) is 4.96. The van der Waals surface area contributed by atoms with Gasteiger partial charge >= 0.3 is 5.97 Å². The van der Waals surface area contributed by atoms with Gasteiger partial charge < -0.3 is 4.74 Å². The molecule has 4 nitrogen and oxygen atoms in total. The van der Waals surface area contributed by atoms with Crippen LogP contribution in [-0.4, -0.2) is 33.6 Å². The van der Waals surface area contributed by atoms with Gasteiger partial charge in [0, 0.05) is 22.5 Å². The molecule has 1 saturated carbocycles. The van der Waals surface area contributed by atoms with Gasteiger partial charge in [-0.25, -0.2) is 0 Å². The molecule has 0 saturated heterocycles. The van der Waals surface area contributed by atoms with E-state index in [0.29, 0.717) is 6.61 Å². The van der Waals surface area contributed by atoms with Crippen molar-refractivity contribution in [2.45, 2.75) is 57.1 Å². The van der Waals surface area contributed by atoms with Crippen LogP contribution >= 0.6 is 0 Å². The van der Waals surface area contributed by atoms with Gasteiger partial charge in [-0.05, 0) is 19.8 Å². The van der Waals surface area contributed by atoms with Crippen molar-refractivity contribution in [2.75, 3.05) is 12.4 Å². The fraction of sp³-hybridized carbons (Fsp3) is 0.846. The van der Waals surface area contributed by atoms with E-state index in [-0.39, 0.29) is 35.6 Å².